The molecular formula is C29H44O6. The van der Waals surface area contributed by atoms with Gasteiger partial charge >= 0.3 is 5.97 Å². The number of hydrogen-bond acceptors (Lipinski definition) is 6. The van der Waals surface area contributed by atoms with Gasteiger partial charge in [0.25, 0.3) is 0 Å². The van der Waals surface area contributed by atoms with Gasteiger partial charge in [0.2, 0.25) is 6.29 Å². The molecule has 4 aliphatic rings. The highest BCUT2D eigenvalue weighted by Crippen LogP contribution is 2.66. The Kier molecular flexibility index (Phi) is 7.36. The van der Waals surface area contributed by atoms with Crippen LogP contribution in [0.2, 0.25) is 0 Å². The lowest BCUT2D eigenvalue weighted by atomic mass is 9.44. The van der Waals surface area contributed by atoms with Gasteiger partial charge in [0.15, 0.2) is 0 Å². The summed E-state index contributed by atoms with van der Waals surface area (Å²) in [7, 11) is 1.54. The Morgan fingerprint density at radius 3 is 2.40 bits per heavy atom. The van der Waals surface area contributed by atoms with E-state index in [1.807, 2.05) is 13.8 Å². The van der Waals surface area contributed by atoms with E-state index in [1.54, 1.807) is 7.11 Å². The Bertz CT molecular complexity index is 878. The molecule has 4 unspecified atom stereocenters. The molecular weight excluding hydrogens is 444 g/mol. The Balaban J connectivity index is 1.48. The average Bonchev–Trinajstić information content (AvgIpc) is 3.16. The summed E-state index contributed by atoms with van der Waals surface area (Å²) in [5.41, 5.74) is -0.605. The van der Waals surface area contributed by atoms with Crippen molar-refractivity contribution in [1.82, 2.24) is 0 Å². The molecule has 4 saturated carbocycles. The fourth-order valence-corrected chi connectivity index (χ4v) is 8.58. The van der Waals surface area contributed by atoms with Crippen LogP contribution in [0.4, 0.5) is 0 Å². The van der Waals surface area contributed by atoms with E-state index in [2.05, 4.69) is 20.8 Å². The third-order valence-corrected chi connectivity index (χ3v) is 10.7. The van der Waals surface area contributed by atoms with Gasteiger partial charge in [-0.1, -0.05) is 34.6 Å². The number of carbonyl (C=O) groups is 4. The SMILES string of the molecule is COC(OC(=O)CCC(C)[C@H]1CCC2[C@@H]3C(=O)C[C@@H]4CC(=O)CC[C@]4(C)C3CC(=O)[C@@]21C)C(C)C. The third kappa shape index (κ3) is 4.42. The van der Waals surface area contributed by atoms with Crippen molar-refractivity contribution in [1.29, 1.82) is 0 Å². The van der Waals surface area contributed by atoms with Crippen molar-refractivity contribution in [2.75, 3.05) is 7.11 Å². The third-order valence-electron chi connectivity index (χ3n) is 10.7. The lowest BCUT2D eigenvalue weighted by Gasteiger charge is -2.58. The zero-order chi connectivity index (χ0) is 25.7. The average molecular weight is 489 g/mol. The van der Waals surface area contributed by atoms with Crippen LogP contribution in [0.25, 0.3) is 0 Å². The minimum absolute atomic E-state index is 0.0668. The maximum atomic E-state index is 13.9. The molecule has 0 aromatic carbocycles. The quantitative estimate of drug-likeness (QED) is 0.363. The number of rotatable bonds is 7. The Hall–Kier alpha value is -1.56. The van der Waals surface area contributed by atoms with Gasteiger partial charge in [-0.3, -0.25) is 19.2 Å². The first kappa shape index (κ1) is 26.5. The summed E-state index contributed by atoms with van der Waals surface area (Å²) in [4.78, 5) is 52.0. The fraction of sp³-hybridized carbons (Fsp3) is 0.862. The molecule has 4 aliphatic carbocycles. The molecule has 0 saturated heterocycles. The first-order valence-corrected chi connectivity index (χ1v) is 13.7. The van der Waals surface area contributed by atoms with Gasteiger partial charge in [-0.05, 0) is 60.7 Å². The van der Waals surface area contributed by atoms with Gasteiger partial charge in [-0.2, -0.15) is 0 Å². The zero-order valence-electron chi connectivity index (χ0n) is 22.4. The molecule has 6 heteroatoms. The molecule has 35 heavy (non-hydrogen) atoms. The fourth-order valence-electron chi connectivity index (χ4n) is 8.58. The maximum Gasteiger partial charge on any atom is 0.308 e. The molecule has 0 amide bonds. The number of ketones is 3. The topological polar surface area (TPSA) is 86.7 Å². The smallest absolute Gasteiger partial charge is 0.308 e. The van der Waals surface area contributed by atoms with Crippen molar-refractivity contribution in [3.05, 3.63) is 0 Å². The number of Topliss-reactive ketones (excluding diaryl/α,β-unsaturated/α-hetero) is 3. The van der Waals surface area contributed by atoms with Crippen LogP contribution in [0.3, 0.4) is 0 Å². The van der Waals surface area contributed by atoms with Crippen molar-refractivity contribution in [2.24, 2.45) is 52.3 Å². The molecule has 0 aromatic rings. The molecule has 0 spiro atoms. The van der Waals surface area contributed by atoms with E-state index >= 15 is 0 Å². The van der Waals surface area contributed by atoms with Crippen LogP contribution in [-0.2, 0) is 28.7 Å². The second-order valence-electron chi connectivity index (χ2n) is 12.8. The highest BCUT2D eigenvalue weighted by molar-refractivity contribution is 5.93. The highest BCUT2D eigenvalue weighted by atomic mass is 16.7. The molecule has 0 aliphatic heterocycles. The molecule has 0 bridgehead atoms. The van der Waals surface area contributed by atoms with E-state index < -0.39 is 11.7 Å². The van der Waals surface area contributed by atoms with E-state index in [1.165, 1.54) is 0 Å². The van der Waals surface area contributed by atoms with Gasteiger partial charge in [-0.25, -0.2) is 0 Å². The molecule has 0 N–H and O–H groups in total. The highest BCUT2D eigenvalue weighted by Gasteiger charge is 2.66. The number of ether oxygens (including phenoxy) is 2. The second kappa shape index (κ2) is 9.72. The number of carbonyl (C=O) groups excluding carboxylic acids is 4. The standard InChI is InChI=1S/C29H44O6/c1-16(2)27(34-6)35-25(33)10-7-17(3)20-8-9-21-26-22(15-24(32)29(20,21)5)28(4)12-11-19(30)13-18(28)14-23(26)31/h16-18,20-22,26-27H,7-15H2,1-6H3/t17?,18-,20+,21?,22?,26-,27?,28-,29+/m0/s1. The lowest BCUT2D eigenvalue weighted by molar-refractivity contribution is -0.182. The van der Waals surface area contributed by atoms with E-state index in [-0.39, 0.29) is 64.4 Å². The maximum absolute atomic E-state index is 13.9. The molecule has 196 valence electrons. The monoisotopic (exact) mass is 488 g/mol. The van der Waals surface area contributed by atoms with Crippen LogP contribution in [0, 0.1) is 52.3 Å². The minimum Gasteiger partial charge on any atom is -0.435 e. The summed E-state index contributed by atoms with van der Waals surface area (Å²) in [6.07, 6.45) is 5.08. The number of methoxy groups -OCH3 is 1. The molecule has 0 radical (unpaired) electrons. The van der Waals surface area contributed by atoms with Gasteiger partial charge < -0.3 is 9.47 Å². The largest absolute Gasteiger partial charge is 0.435 e. The first-order chi connectivity index (χ1) is 16.4. The van der Waals surface area contributed by atoms with Crippen LogP contribution in [0.5, 0.6) is 0 Å². The van der Waals surface area contributed by atoms with Crippen molar-refractivity contribution in [3.8, 4) is 0 Å². The van der Waals surface area contributed by atoms with Gasteiger partial charge in [0.05, 0.1) is 0 Å². The Morgan fingerprint density at radius 2 is 1.74 bits per heavy atom. The van der Waals surface area contributed by atoms with Crippen LogP contribution in [0.15, 0.2) is 0 Å². The summed E-state index contributed by atoms with van der Waals surface area (Å²) in [5, 5.41) is 0. The Labute approximate surface area is 210 Å². The molecule has 0 aromatic heterocycles. The van der Waals surface area contributed by atoms with Crippen LogP contribution in [-0.4, -0.2) is 36.7 Å². The molecule has 4 rings (SSSR count). The number of esters is 1. The van der Waals surface area contributed by atoms with Crippen molar-refractivity contribution < 1.29 is 28.7 Å². The number of fused-ring (bicyclic) bond motifs is 5. The normalized spacial score (nSPS) is 40.7. The molecule has 9 atom stereocenters. The van der Waals surface area contributed by atoms with E-state index in [0.29, 0.717) is 44.3 Å². The lowest BCUT2D eigenvalue weighted by Crippen LogP contribution is -2.60. The molecule has 6 nitrogen and oxygen atoms in total. The molecule has 4 fully saturated rings. The summed E-state index contributed by atoms with van der Waals surface area (Å²) in [5.74, 6) is 1.20. The predicted octanol–water partition coefficient (Wildman–Crippen LogP) is 5.16. The zero-order valence-corrected chi connectivity index (χ0v) is 22.4. The predicted molar refractivity (Wildman–Crippen MR) is 131 cm³/mol. The van der Waals surface area contributed by atoms with Crippen LogP contribution >= 0.6 is 0 Å². The minimum atomic E-state index is -0.541. The van der Waals surface area contributed by atoms with Crippen LogP contribution < -0.4 is 0 Å². The van der Waals surface area contributed by atoms with Gasteiger partial charge in [0, 0.05) is 56.5 Å². The van der Waals surface area contributed by atoms with Crippen LogP contribution in [0.1, 0.15) is 92.4 Å². The van der Waals surface area contributed by atoms with E-state index in [0.717, 1.165) is 19.3 Å². The summed E-state index contributed by atoms with van der Waals surface area (Å²) >= 11 is 0. The summed E-state index contributed by atoms with van der Waals surface area (Å²) in [6, 6.07) is 0. The van der Waals surface area contributed by atoms with E-state index in [4.69, 9.17) is 9.47 Å². The summed E-state index contributed by atoms with van der Waals surface area (Å²) < 4.78 is 10.7. The van der Waals surface area contributed by atoms with Gasteiger partial charge in [0.1, 0.15) is 17.3 Å². The second-order valence-corrected chi connectivity index (χ2v) is 12.8. The first-order valence-electron chi connectivity index (χ1n) is 13.7. The molecule has 0 heterocycles. The van der Waals surface area contributed by atoms with E-state index in [9.17, 15) is 19.2 Å². The number of hydrogen-bond donors (Lipinski definition) is 0. The summed E-state index contributed by atoms with van der Waals surface area (Å²) in [6.45, 7) is 10.4. The van der Waals surface area contributed by atoms with Crippen molar-refractivity contribution in [2.45, 2.75) is 98.7 Å². The van der Waals surface area contributed by atoms with Gasteiger partial charge in [-0.15, -0.1) is 0 Å². The van der Waals surface area contributed by atoms with Crippen molar-refractivity contribution in [3.63, 3.8) is 0 Å². The Morgan fingerprint density at radius 1 is 1.03 bits per heavy atom. The van der Waals surface area contributed by atoms with Crippen molar-refractivity contribution >= 4 is 23.3 Å².